The number of hydrogen-bond donors (Lipinski definition) is 4. The van der Waals surface area contributed by atoms with Crippen molar-refractivity contribution >= 4 is 22.3 Å². The first-order valence-corrected chi connectivity index (χ1v) is 10.3. The lowest BCUT2D eigenvalue weighted by molar-refractivity contribution is 0.455. The third-order valence-electron chi connectivity index (χ3n) is 4.82. The number of nitrogens with zero attached hydrogens (tertiary/aromatic N) is 2. The van der Waals surface area contributed by atoms with Gasteiger partial charge in [-0.1, -0.05) is 36.8 Å². The van der Waals surface area contributed by atoms with Gasteiger partial charge >= 0.3 is 0 Å². The van der Waals surface area contributed by atoms with Gasteiger partial charge in [0.15, 0.2) is 5.84 Å². The van der Waals surface area contributed by atoms with Crippen LogP contribution in [0.3, 0.4) is 0 Å². The molecule has 0 radical (unpaired) electrons. The highest BCUT2D eigenvalue weighted by Crippen LogP contribution is 2.55. The molecule has 3 rings (SSSR count). The summed E-state index contributed by atoms with van der Waals surface area (Å²) in [5.41, 5.74) is 1.25. The molecule has 1 aliphatic rings. The van der Waals surface area contributed by atoms with Crippen LogP contribution in [0.4, 0.5) is 5.69 Å². The fourth-order valence-electron chi connectivity index (χ4n) is 3.06. The molecular weight excluding hydrogens is 366 g/mol. The van der Waals surface area contributed by atoms with E-state index in [0.717, 1.165) is 6.42 Å². The molecule has 0 aliphatic carbocycles. The van der Waals surface area contributed by atoms with Gasteiger partial charge in [0.25, 0.3) is 5.56 Å². The Labute approximate surface area is 159 Å². The maximum Gasteiger partial charge on any atom is 0.265 e. The number of aromatic nitrogens is 1. The third kappa shape index (κ3) is 3.47. The quantitative estimate of drug-likeness (QED) is 0.627. The molecule has 0 saturated heterocycles. The van der Waals surface area contributed by atoms with Crippen molar-refractivity contribution in [1.82, 2.24) is 4.57 Å². The van der Waals surface area contributed by atoms with Crippen molar-refractivity contribution in [2.75, 3.05) is 5.32 Å². The van der Waals surface area contributed by atoms with E-state index in [0.29, 0.717) is 29.4 Å². The van der Waals surface area contributed by atoms with E-state index < -0.39 is 16.3 Å². The number of nitrogens with one attached hydrogen (secondary N) is 1. The number of anilines is 1. The number of fused-ring (bicyclic) bond motifs is 1. The molecule has 0 spiro atoms. The molecule has 0 saturated carbocycles. The van der Waals surface area contributed by atoms with Crippen LogP contribution in [0.25, 0.3) is 0 Å². The van der Waals surface area contributed by atoms with Crippen LogP contribution in [-0.4, -0.2) is 24.6 Å². The molecule has 7 nitrogen and oxygen atoms in total. The molecule has 1 aromatic carbocycles. The fraction of sp³-hybridized carbons (Fsp3) is 0.368. The van der Waals surface area contributed by atoms with E-state index in [1.807, 2.05) is 0 Å². The van der Waals surface area contributed by atoms with Crippen LogP contribution in [0.15, 0.2) is 38.4 Å². The number of rotatable bonds is 4. The van der Waals surface area contributed by atoms with Gasteiger partial charge < -0.3 is 15.0 Å². The van der Waals surface area contributed by atoms with E-state index in [9.17, 15) is 19.0 Å². The molecule has 2 heterocycles. The number of aromatic hydroxyl groups is 1. The van der Waals surface area contributed by atoms with E-state index in [2.05, 4.69) is 23.6 Å². The predicted molar refractivity (Wildman–Crippen MR) is 109 cm³/mol. The van der Waals surface area contributed by atoms with Crippen LogP contribution in [-0.2, 0) is 6.54 Å². The monoisotopic (exact) mass is 391 g/mol. The van der Waals surface area contributed by atoms with Gasteiger partial charge in [-0.25, -0.2) is 0 Å². The Morgan fingerprint density at radius 1 is 1.22 bits per heavy atom. The summed E-state index contributed by atoms with van der Waals surface area (Å²) < 4.78 is 26.5. The summed E-state index contributed by atoms with van der Waals surface area (Å²) in [5.74, 6) is 0.189. The summed E-state index contributed by atoms with van der Waals surface area (Å²) in [6.45, 7) is 8.19. The maximum absolute atomic E-state index is 13.1. The van der Waals surface area contributed by atoms with E-state index in [1.54, 1.807) is 42.7 Å². The zero-order valence-corrected chi connectivity index (χ0v) is 16.7. The number of para-hydroxylation sites is 1. The molecule has 0 bridgehead atoms. The molecule has 27 heavy (non-hydrogen) atoms. The second-order valence-electron chi connectivity index (χ2n) is 7.15. The minimum absolute atomic E-state index is 0.0300. The van der Waals surface area contributed by atoms with Crippen LogP contribution in [0, 0.1) is 19.8 Å². The minimum Gasteiger partial charge on any atom is -0.507 e. The highest BCUT2D eigenvalue weighted by molar-refractivity contribution is 8.23. The molecule has 8 heteroatoms. The highest BCUT2D eigenvalue weighted by atomic mass is 32.3. The smallest absolute Gasteiger partial charge is 0.265 e. The summed E-state index contributed by atoms with van der Waals surface area (Å²) in [7, 11) is -3.47. The van der Waals surface area contributed by atoms with Gasteiger partial charge in [0.2, 0.25) is 0 Å². The number of benzene rings is 1. The van der Waals surface area contributed by atoms with Gasteiger partial charge in [0.05, 0.1) is 5.69 Å². The molecule has 1 aliphatic heterocycles. The van der Waals surface area contributed by atoms with Crippen molar-refractivity contribution in [3.05, 3.63) is 51.4 Å². The summed E-state index contributed by atoms with van der Waals surface area (Å²) in [6.07, 6.45) is 0.808. The summed E-state index contributed by atoms with van der Waals surface area (Å²) >= 11 is 0. The Morgan fingerprint density at radius 3 is 2.56 bits per heavy atom. The van der Waals surface area contributed by atoms with Crippen LogP contribution in [0.1, 0.15) is 37.1 Å². The second kappa shape index (κ2) is 7.03. The largest absolute Gasteiger partial charge is 0.507 e. The lowest BCUT2D eigenvalue weighted by atomic mass is 10.1. The van der Waals surface area contributed by atoms with Gasteiger partial charge in [0, 0.05) is 17.8 Å². The lowest BCUT2D eigenvalue weighted by Gasteiger charge is -2.34. The normalized spacial score (nSPS) is 16.5. The van der Waals surface area contributed by atoms with Gasteiger partial charge in [-0.05, 0) is 38.3 Å². The van der Waals surface area contributed by atoms with Crippen molar-refractivity contribution < 1.29 is 14.2 Å². The lowest BCUT2D eigenvalue weighted by Crippen LogP contribution is -2.33. The zero-order chi connectivity index (χ0) is 19.9. The van der Waals surface area contributed by atoms with Crippen LogP contribution < -0.4 is 10.9 Å². The highest BCUT2D eigenvalue weighted by Gasteiger charge is 2.30. The molecule has 0 atom stereocenters. The molecule has 0 amide bonds. The topological polar surface area (TPSA) is 107 Å². The predicted octanol–water partition coefficient (Wildman–Crippen LogP) is 4.11. The van der Waals surface area contributed by atoms with E-state index in [-0.39, 0.29) is 22.0 Å². The van der Waals surface area contributed by atoms with Crippen molar-refractivity contribution in [2.24, 2.45) is 10.3 Å². The Kier molecular flexibility index (Phi) is 5.07. The molecule has 2 aromatic rings. The Morgan fingerprint density at radius 2 is 1.89 bits per heavy atom. The molecule has 146 valence electrons. The van der Waals surface area contributed by atoms with Crippen molar-refractivity contribution in [3.63, 3.8) is 0 Å². The summed E-state index contributed by atoms with van der Waals surface area (Å²) in [6, 6.07) is 6.67. The van der Waals surface area contributed by atoms with Crippen LogP contribution >= 0.6 is 10.8 Å². The Balaban J connectivity index is 2.18. The first-order chi connectivity index (χ1) is 12.6. The molecule has 4 N–H and O–H groups in total. The minimum atomic E-state index is -3.47. The SMILES string of the molecule is Cc1c(O)c(C2=NS(O)(O)c3ccccc3N2)c(=O)n(CCC(C)C)c1C. The first-order valence-electron chi connectivity index (χ1n) is 8.81. The zero-order valence-electron chi connectivity index (χ0n) is 15.9. The van der Waals surface area contributed by atoms with E-state index >= 15 is 0 Å². The maximum atomic E-state index is 13.1. The first kappa shape index (κ1) is 19.5. The van der Waals surface area contributed by atoms with Gasteiger partial charge in [0.1, 0.15) is 16.2 Å². The fourth-order valence-corrected chi connectivity index (χ4v) is 4.23. The standard InChI is InChI=1S/C19H25N3O4S/c1-11(2)9-10-22-13(4)12(3)17(23)16(19(22)24)18-20-14-7-5-6-8-15(14)27(25,26)21-18/h5-8,11,23,25-26H,9-10H2,1-4H3,(H,20,21). The van der Waals surface area contributed by atoms with E-state index in [1.165, 1.54) is 0 Å². The molecule has 0 unspecified atom stereocenters. The Bertz CT molecular complexity index is 980. The van der Waals surface area contributed by atoms with E-state index in [4.69, 9.17) is 0 Å². The molecule has 1 aromatic heterocycles. The summed E-state index contributed by atoms with van der Waals surface area (Å²) in [4.78, 5) is 13.4. The van der Waals surface area contributed by atoms with Gasteiger partial charge in [-0.15, -0.1) is 4.40 Å². The molecular formula is C19H25N3O4S. The number of hydrogen-bond acceptors (Lipinski definition) is 6. The number of amidine groups is 1. The van der Waals surface area contributed by atoms with Crippen molar-refractivity contribution in [1.29, 1.82) is 0 Å². The van der Waals surface area contributed by atoms with Gasteiger partial charge in [-0.2, -0.15) is 0 Å². The average Bonchev–Trinajstić information content (AvgIpc) is 2.59. The van der Waals surface area contributed by atoms with Crippen LogP contribution in [0.5, 0.6) is 5.75 Å². The van der Waals surface area contributed by atoms with Crippen LogP contribution in [0.2, 0.25) is 0 Å². The summed E-state index contributed by atoms with van der Waals surface area (Å²) in [5, 5.41) is 13.6. The number of pyridine rings is 1. The van der Waals surface area contributed by atoms with Crippen molar-refractivity contribution in [2.45, 2.75) is 45.6 Å². The third-order valence-corrected chi connectivity index (χ3v) is 6.20. The second-order valence-corrected chi connectivity index (χ2v) is 8.81. The van der Waals surface area contributed by atoms with Crippen molar-refractivity contribution in [3.8, 4) is 5.75 Å². The van der Waals surface area contributed by atoms with Gasteiger partial charge in [-0.3, -0.25) is 13.9 Å². The molecule has 0 fully saturated rings. The average molecular weight is 391 g/mol. The Hall–Kier alpha value is -2.29.